The lowest BCUT2D eigenvalue weighted by Crippen LogP contribution is -2.32. The summed E-state index contributed by atoms with van der Waals surface area (Å²) in [5.41, 5.74) is 5.60. The van der Waals surface area contributed by atoms with Crippen LogP contribution in [0.1, 0.15) is 35.6 Å². The fourth-order valence-electron chi connectivity index (χ4n) is 3.54. The summed E-state index contributed by atoms with van der Waals surface area (Å²) in [6.07, 6.45) is 3.29. The minimum Gasteiger partial charge on any atom is -0.508 e. The van der Waals surface area contributed by atoms with E-state index < -0.39 is 0 Å². The van der Waals surface area contributed by atoms with Gasteiger partial charge in [-0.15, -0.1) is 0 Å². The molecule has 0 fully saturated rings. The first kappa shape index (κ1) is 16.0. The molecule has 0 saturated heterocycles. The number of hydrogen-bond donors (Lipinski definition) is 1. The Labute approximate surface area is 148 Å². The number of rotatable bonds is 3. The molecule has 0 saturated carbocycles. The van der Waals surface area contributed by atoms with Gasteiger partial charge in [-0.05, 0) is 54.3 Å². The van der Waals surface area contributed by atoms with Gasteiger partial charge in [-0.25, -0.2) is 0 Å². The fourth-order valence-corrected chi connectivity index (χ4v) is 3.54. The highest BCUT2D eigenvalue weighted by Gasteiger charge is 2.20. The van der Waals surface area contributed by atoms with E-state index in [0.29, 0.717) is 13.3 Å². The van der Waals surface area contributed by atoms with Crippen molar-refractivity contribution >= 4 is 11.6 Å². The van der Waals surface area contributed by atoms with Gasteiger partial charge in [-0.2, -0.15) is 0 Å². The van der Waals surface area contributed by atoms with E-state index in [1.165, 1.54) is 11.1 Å². The van der Waals surface area contributed by atoms with Crippen LogP contribution in [0.4, 0.5) is 0 Å². The van der Waals surface area contributed by atoms with Crippen molar-refractivity contribution in [3.05, 3.63) is 52.6 Å². The second-order valence-electron chi connectivity index (χ2n) is 6.78. The van der Waals surface area contributed by atoms with Crippen LogP contribution in [0.3, 0.4) is 0 Å². The normalized spacial score (nSPS) is 16.3. The van der Waals surface area contributed by atoms with E-state index in [4.69, 9.17) is 9.47 Å². The van der Waals surface area contributed by atoms with Crippen LogP contribution in [0.5, 0.6) is 17.2 Å². The highest BCUT2D eigenvalue weighted by Crippen LogP contribution is 2.37. The molecule has 130 valence electrons. The van der Waals surface area contributed by atoms with Crippen LogP contribution in [0.2, 0.25) is 0 Å². The van der Waals surface area contributed by atoms with Crippen LogP contribution in [0.25, 0.3) is 11.6 Å². The monoisotopic (exact) mass is 337 g/mol. The number of phenols is 1. The summed E-state index contributed by atoms with van der Waals surface area (Å²) >= 11 is 0. The summed E-state index contributed by atoms with van der Waals surface area (Å²) in [6, 6.07) is 9.83. The van der Waals surface area contributed by atoms with Crippen LogP contribution in [-0.4, -0.2) is 29.9 Å². The van der Waals surface area contributed by atoms with Gasteiger partial charge in [-0.1, -0.05) is 13.0 Å². The van der Waals surface area contributed by atoms with Crippen LogP contribution in [-0.2, 0) is 6.54 Å². The van der Waals surface area contributed by atoms with Crippen LogP contribution < -0.4 is 9.47 Å². The topological polar surface area (TPSA) is 41.9 Å². The quantitative estimate of drug-likeness (QED) is 0.912. The number of phenolic OH excluding ortho intramolecular Hbond substituents is 1. The molecule has 0 bridgehead atoms. The molecule has 0 aromatic heterocycles. The lowest BCUT2D eigenvalue weighted by molar-refractivity contribution is 0.0955. The van der Waals surface area contributed by atoms with E-state index in [-0.39, 0.29) is 5.75 Å². The van der Waals surface area contributed by atoms with Gasteiger partial charge >= 0.3 is 0 Å². The molecule has 4 rings (SSSR count). The van der Waals surface area contributed by atoms with Crippen molar-refractivity contribution in [1.82, 2.24) is 4.90 Å². The zero-order valence-corrected chi connectivity index (χ0v) is 14.7. The van der Waals surface area contributed by atoms with Gasteiger partial charge < -0.3 is 14.6 Å². The standard InChI is InChI=1S/C21H23NO3/c1-3-6-22-11-16-8-15(4-5-20(16)25-13-22)17-9-19-14(2)7-18(23)10-21(19)24-12-17/h4-5,7-10,23H,3,6,11-13H2,1-2H3. The number of nitrogens with zero attached hydrogens (tertiary/aromatic N) is 1. The van der Waals surface area contributed by atoms with E-state index in [2.05, 4.69) is 36.1 Å². The maximum atomic E-state index is 9.73. The molecule has 4 heteroatoms. The molecule has 0 atom stereocenters. The van der Waals surface area contributed by atoms with E-state index in [9.17, 15) is 5.11 Å². The Kier molecular flexibility index (Phi) is 4.14. The second kappa shape index (κ2) is 6.45. The molecule has 25 heavy (non-hydrogen) atoms. The molecule has 0 aliphatic carbocycles. The summed E-state index contributed by atoms with van der Waals surface area (Å²) < 4.78 is 11.8. The number of aromatic hydroxyl groups is 1. The Morgan fingerprint density at radius 1 is 1.12 bits per heavy atom. The van der Waals surface area contributed by atoms with Crippen molar-refractivity contribution in [3.8, 4) is 17.2 Å². The molecule has 4 nitrogen and oxygen atoms in total. The molecule has 2 aromatic carbocycles. The zero-order valence-electron chi connectivity index (χ0n) is 14.7. The molecular formula is C21H23NO3. The molecule has 0 spiro atoms. The van der Waals surface area contributed by atoms with Gasteiger partial charge in [0.05, 0.1) is 0 Å². The summed E-state index contributed by atoms with van der Waals surface area (Å²) in [6.45, 7) is 7.33. The van der Waals surface area contributed by atoms with Crippen LogP contribution in [0.15, 0.2) is 30.3 Å². The van der Waals surface area contributed by atoms with Gasteiger partial charge in [0.2, 0.25) is 0 Å². The first-order valence-corrected chi connectivity index (χ1v) is 8.79. The Bertz CT molecular complexity index is 841. The number of hydrogen-bond acceptors (Lipinski definition) is 4. The number of aryl methyl sites for hydroxylation is 1. The maximum absolute atomic E-state index is 9.73. The number of fused-ring (bicyclic) bond motifs is 2. The molecule has 2 aliphatic heterocycles. The Hall–Kier alpha value is -2.46. The van der Waals surface area contributed by atoms with Crippen LogP contribution >= 0.6 is 0 Å². The minimum absolute atomic E-state index is 0.245. The van der Waals surface area contributed by atoms with E-state index in [0.717, 1.165) is 47.7 Å². The van der Waals surface area contributed by atoms with Crippen molar-refractivity contribution in [2.24, 2.45) is 0 Å². The third-order valence-electron chi connectivity index (χ3n) is 4.80. The summed E-state index contributed by atoms with van der Waals surface area (Å²) in [4.78, 5) is 2.32. The highest BCUT2D eigenvalue weighted by molar-refractivity contribution is 5.87. The Morgan fingerprint density at radius 2 is 2.00 bits per heavy atom. The average Bonchev–Trinajstić information content (AvgIpc) is 2.61. The van der Waals surface area contributed by atoms with E-state index in [1.807, 2.05) is 6.92 Å². The van der Waals surface area contributed by atoms with E-state index in [1.54, 1.807) is 12.1 Å². The molecule has 0 radical (unpaired) electrons. The van der Waals surface area contributed by atoms with Gasteiger partial charge in [0, 0.05) is 30.3 Å². The smallest absolute Gasteiger partial charge is 0.142 e. The second-order valence-corrected chi connectivity index (χ2v) is 6.78. The summed E-state index contributed by atoms with van der Waals surface area (Å²) in [5, 5.41) is 9.73. The number of ether oxygens (including phenoxy) is 2. The van der Waals surface area contributed by atoms with Crippen molar-refractivity contribution in [1.29, 1.82) is 0 Å². The van der Waals surface area contributed by atoms with Gasteiger partial charge in [-0.3, -0.25) is 4.90 Å². The Balaban J connectivity index is 1.67. The summed E-state index contributed by atoms with van der Waals surface area (Å²) in [7, 11) is 0. The lowest BCUT2D eigenvalue weighted by atomic mass is 9.96. The van der Waals surface area contributed by atoms with Crippen molar-refractivity contribution in [2.45, 2.75) is 26.8 Å². The largest absolute Gasteiger partial charge is 0.508 e. The predicted octanol–water partition coefficient (Wildman–Crippen LogP) is 4.20. The molecule has 2 aromatic rings. The highest BCUT2D eigenvalue weighted by atomic mass is 16.5. The van der Waals surface area contributed by atoms with Crippen molar-refractivity contribution < 1.29 is 14.6 Å². The van der Waals surface area contributed by atoms with Gasteiger partial charge in [0.25, 0.3) is 0 Å². The minimum atomic E-state index is 0.245. The third kappa shape index (κ3) is 3.10. The number of benzene rings is 2. The van der Waals surface area contributed by atoms with Gasteiger partial charge in [0.1, 0.15) is 30.6 Å². The fraction of sp³-hybridized carbons (Fsp3) is 0.333. The lowest BCUT2D eigenvalue weighted by Gasteiger charge is -2.29. The third-order valence-corrected chi connectivity index (χ3v) is 4.80. The zero-order chi connectivity index (χ0) is 17.4. The SMILES string of the molecule is CCCN1COc2ccc(C3=Cc4c(C)cc(O)cc4OC3)cc2C1. The maximum Gasteiger partial charge on any atom is 0.142 e. The van der Waals surface area contributed by atoms with Crippen molar-refractivity contribution in [2.75, 3.05) is 19.9 Å². The van der Waals surface area contributed by atoms with Crippen molar-refractivity contribution in [3.63, 3.8) is 0 Å². The molecule has 2 aliphatic rings. The summed E-state index contributed by atoms with van der Waals surface area (Å²) in [5.74, 6) is 1.97. The average molecular weight is 337 g/mol. The van der Waals surface area contributed by atoms with E-state index >= 15 is 0 Å². The molecule has 2 heterocycles. The molecule has 0 amide bonds. The van der Waals surface area contributed by atoms with Gasteiger partial charge in [0.15, 0.2) is 0 Å². The molecular weight excluding hydrogens is 314 g/mol. The first-order chi connectivity index (χ1) is 12.1. The van der Waals surface area contributed by atoms with Crippen LogP contribution in [0, 0.1) is 6.92 Å². The first-order valence-electron chi connectivity index (χ1n) is 8.79. The molecule has 1 N–H and O–H groups in total. The predicted molar refractivity (Wildman–Crippen MR) is 98.8 cm³/mol. The molecule has 0 unspecified atom stereocenters. The Morgan fingerprint density at radius 3 is 2.84 bits per heavy atom.